The lowest BCUT2D eigenvalue weighted by Crippen LogP contribution is -2.04. The van der Waals surface area contributed by atoms with E-state index in [0.717, 1.165) is 5.56 Å². The third kappa shape index (κ3) is 3.48. The predicted molar refractivity (Wildman–Crippen MR) is 108 cm³/mol. The van der Waals surface area contributed by atoms with Gasteiger partial charge in [0, 0.05) is 21.2 Å². The second-order valence-corrected chi connectivity index (χ2v) is 7.28. The number of nitrogens with zero attached hydrogens (tertiary/aromatic N) is 3. The minimum absolute atomic E-state index is 0.0853. The molecule has 0 saturated heterocycles. The van der Waals surface area contributed by atoms with E-state index in [1.165, 1.54) is 6.07 Å². The van der Waals surface area contributed by atoms with E-state index in [1.807, 2.05) is 18.2 Å². The lowest BCUT2D eigenvalue weighted by molar-refractivity contribution is 0.153. The van der Waals surface area contributed by atoms with Gasteiger partial charge in [0.1, 0.15) is 0 Å². The number of hydrogen-bond donors (Lipinski definition) is 0. The molecule has 0 radical (unpaired) electrons. The average Bonchev–Trinajstić information content (AvgIpc) is 2.99. The van der Waals surface area contributed by atoms with Crippen LogP contribution in [0.25, 0.3) is 22.3 Å². The maximum absolute atomic E-state index is 13.8. The summed E-state index contributed by atoms with van der Waals surface area (Å²) in [7, 11) is 0. The Morgan fingerprint density at radius 2 is 1.75 bits per heavy atom. The van der Waals surface area contributed by atoms with E-state index >= 15 is 0 Å². The molecule has 0 spiro atoms. The number of pyridine rings is 1. The summed E-state index contributed by atoms with van der Waals surface area (Å²) in [6.45, 7) is 2.05. The van der Waals surface area contributed by atoms with Gasteiger partial charge in [-0.15, -0.1) is 0 Å². The number of aromatic nitrogens is 3. The standard InChI is InChI=1S/C21H15Cl2F2N3/c1-12-19-16(20(24)25)10-18(13-6-8-15(22)9-7-13)26-21(19)28(27-12)11-14-4-2-3-5-17(14)23/h2-10,20H,11H2,1H3. The minimum Gasteiger partial charge on any atom is -0.242 e. The van der Waals surface area contributed by atoms with E-state index in [-0.39, 0.29) is 5.56 Å². The van der Waals surface area contributed by atoms with Gasteiger partial charge in [0.15, 0.2) is 5.65 Å². The van der Waals surface area contributed by atoms with Crippen LogP contribution in [-0.2, 0) is 6.54 Å². The summed E-state index contributed by atoms with van der Waals surface area (Å²) < 4.78 is 29.3. The monoisotopic (exact) mass is 417 g/mol. The molecule has 0 amide bonds. The van der Waals surface area contributed by atoms with Crippen molar-refractivity contribution in [3.8, 4) is 11.3 Å². The van der Waals surface area contributed by atoms with Gasteiger partial charge in [-0.1, -0.05) is 53.5 Å². The van der Waals surface area contributed by atoms with Crippen LogP contribution in [0.5, 0.6) is 0 Å². The first-order valence-electron chi connectivity index (χ1n) is 8.59. The third-order valence-corrected chi connectivity index (χ3v) is 5.18. The molecule has 0 atom stereocenters. The fourth-order valence-electron chi connectivity index (χ4n) is 3.23. The summed E-state index contributed by atoms with van der Waals surface area (Å²) in [5, 5.41) is 5.99. The number of rotatable bonds is 4. The molecule has 0 N–H and O–H groups in total. The van der Waals surface area contributed by atoms with Crippen LogP contribution < -0.4 is 0 Å². The Labute approximate surface area is 170 Å². The van der Waals surface area contributed by atoms with Crippen LogP contribution in [0.15, 0.2) is 54.6 Å². The van der Waals surface area contributed by atoms with E-state index in [1.54, 1.807) is 41.9 Å². The summed E-state index contributed by atoms with van der Waals surface area (Å²) in [4.78, 5) is 4.65. The number of aryl methyl sites for hydroxylation is 1. The van der Waals surface area contributed by atoms with E-state index in [4.69, 9.17) is 23.2 Å². The van der Waals surface area contributed by atoms with Crippen molar-refractivity contribution in [2.24, 2.45) is 0 Å². The van der Waals surface area contributed by atoms with Crippen LogP contribution in [0.1, 0.15) is 23.2 Å². The fourth-order valence-corrected chi connectivity index (χ4v) is 3.55. The van der Waals surface area contributed by atoms with Gasteiger partial charge < -0.3 is 0 Å². The van der Waals surface area contributed by atoms with Crippen molar-refractivity contribution in [1.29, 1.82) is 0 Å². The zero-order chi connectivity index (χ0) is 19.8. The van der Waals surface area contributed by atoms with E-state index in [0.29, 0.717) is 44.6 Å². The molecule has 28 heavy (non-hydrogen) atoms. The molecule has 2 aromatic carbocycles. The van der Waals surface area contributed by atoms with Gasteiger partial charge in [0.05, 0.1) is 23.3 Å². The van der Waals surface area contributed by atoms with Crippen molar-refractivity contribution in [1.82, 2.24) is 14.8 Å². The molecular formula is C21H15Cl2F2N3. The number of hydrogen-bond acceptors (Lipinski definition) is 2. The molecular weight excluding hydrogens is 403 g/mol. The first-order chi connectivity index (χ1) is 13.4. The second-order valence-electron chi connectivity index (χ2n) is 6.44. The van der Waals surface area contributed by atoms with Crippen molar-refractivity contribution in [3.05, 3.63) is 81.5 Å². The highest BCUT2D eigenvalue weighted by molar-refractivity contribution is 6.31. The summed E-state index contributed by atoms with van der Waals surface area (Å²) >= 11 is 12.2. The van der Waals surface area contributed by atoms with Gasteiger partial charge in [0.2, 0.25) is 0 Å². The molecule has 3 nitrogen and oxygen atoms in total. The normalized spacial score (nSPS) is 11.5. The molecule has 2 heterocycles. The topological polar surface area (TPSA) is 30.7 Å². The predicted octanol–water partition coefficient (Wildman–Crippen LogP) is 6.70. The van der Waals surface area contributed by atoms with Gasteiger partial charge in [0.25, 0.3) is 6.43 Å². The van der Waals surface area contributed by atoms with Crippen molar-refractivity contribution >= 4 is 34.2 Å². The van der Waals surface area contributed by atoms with Crippen LogP contribution in [0.2, 0.25) is 10.0 Å². The average molecular weight is 418 g/mol. The summed E-state index contributed by atoms with van der Waals surface area (Å²) in [5.41, 5.74) is 2.81. The lowest BCUT2D eigenvalue weighted by Gasteiger charge is -2.09. The van der Waals surface area contributed by atoms with Crippen molar-refractivity contribution in [2.75, 3.05) is 0 Å². The highest BCUT2D eigenvalue weighted by atomic mass is 35.5. The fraction of sp³-hybridized carbons (Fsp3) is 0.143. The Kier molecular flexibility index (Phi) is 5.04. The number of fused-ring (bicyclic) bond motifs is 1. The Bertz CT molecular complexity index is 1150. The maximum atomic E-state index is 13.8. The van der Waals surface area contributed by atoms with E-state index < -0.39 is 6.43 Å². The lowest BCUT2D eigenvalue weighted by atomic mass is 10.1. The molecule has 0 unspecified atom stereocenters. The molecule has 0 fully saturated rings. The minimum atomic E-state index is -2.65. The van der Waals surface area contributed by atoms with Crippen LogP contribution in [0, 0.1) is 6.92 Å². The van der Waals surface area contributed by atoms with Crippen molar-refractivity contribution in [3.63, 3.8) is 0 Å². The Morgan fingerprint density at radius 1 is 1.04 bits per heavy atom. The van der Waals surface area contributed by atoms with Crippen molar-refractivity contribution in [2.45, 2.75) is 19.9 Å². The highest BCUT2D eigenvalue weighted by Gasteiger charge is 2.21. The molecule has 0 bridgehead atoms. The Hall–Kier alpha value is -2.50. The van der Waals surface area contributed by atoms with Crippen LogP contribution in [0.4, 0.5) is 8.78 Å². The zero-order valence-electron chi connectivity index (χ0n) is 14.8. The van der Waals surface area contributed by atoms with Crippen LogP contribution >= 0.6 is 23.2 Å². The Balaban J connectivity index is 1.92. The molecule has 142 valence electrons. The smallest absolute Gasteiger partial charge is 0.242 e. The van der Waals surface area contributed by atoms with Gasteiger partial charge in [-0.2, -0.15) is 5.10 Å². The van der Waals surface area contributed by atoms with E-state index in [9.17, 15) is 8.78 Å². The highest BCUT2D eigenvalue weighted by Crippen LogP contribution is 2.33. The van der Waals surface area contributed by atoms with Gasteiger partial charge in [-0.05, 0) is 36.8 Å². The Morgan fingerprint density at radius 3 is 2.43 bits per heavy atom. The van der Waals surface area contributed by atoms with Gasteiger partial charge in [-0.3, -0.25) is 0 Å². The molecule has 0 aliphatic rings. The number of halogens is 4. The van der Waals surface area contributed by atoms with Gasteiger partial charge in [-0.25, -0.2) is 18.4 Å². The van der Waals surface area contributed by atoms with Crippen molar-refractivity contribution < 1.29 is 8.78 Å². The molecule has 2 aromatic heterocycles. The molecule has 7 heteroatoms. The van der Waals surface area contributed by atoms with Crippen LogP contribution in [-0.4, -0.2) is 14.8 Å². The van der Waals surface area contributed by atoms with E-state index in [2.05, 4.69) is 10.1 Å². The van der Waals surface area contributed by atoms with Gasteiger partial charge >= 0.3 is 0 Å². The molecule has 0 aliphatic carbocycles. The summed E-state index contributed by atoms with van der Waals surface area (Å²) in [6, 6.07) is 15.7. The summed E-state index contributed by atoms with van der Waals surface area (Å²) in [6.07, 6.45) is -2.65. The quantitative estimate of drug-likeness (QED) is 0.369. The first kappa shape index (κ1) is 18.8. The molecule has 4 rings (SSSR count). The number of alkyl halides is 2. The SMILES string of the molecule is Cc1nn(Cc2ccccc2Cl)c2nc(-c3ccc(Cl)cc3)cc(C(F)F)c12. The second kappa shape index (κ2) is 7.49. The molecule has 0 aliphatic heterocycles. The first-order valence-corrected chi connectivity index (χ1v) is 9.35. The zero-order valence-corrected chi connectivity index (χ0v) is 16.3. The maximum Gasteiger partial charge on any atom is 0.264 e. The van der Waals surface area contributed by atoms with Crippen LogP contribution in [0.3, 0.4) is 0 Å². The largest absolute Gasteiger partial charge is 0.264 e. The molecule has 4 aromatic rings. The third-order valence-electron chi connectivity index (χ3n) is 4.56. The number of benzene rings is 2. The summed E-state index contributed by atoms with van der Waals surface area (Å²) in [5.74, 6) is 0. The molecule has 0 saturated carbocycles.